The molecule has 2 aliphatic rings. The topological polar surface area (TPSA) is 125 Å². The van der Waals surface area contributed by atoms with Crippen molar-refractivity contribution < 1.29 is 14.0 Å². The van der Waals surface area contributed by atoms with Crippen molar-refractivity contribution in [3.05, 3.63) is 94.7 Å². The summed E-state index contributed by atoms with van der Waals surface area (Å²) in [6.45, 7) is 4.05. The van der Waals surface area contributed by atoms with Crippen molar-refractivity contribution in [2.45, 2.75) is 31.0 Å². The van der Waals surface area contributed by atoms with E-state index >= 15 is 0 Å². The fourth-order valence-electron chi connectivity index (χ4n) is 4.96. The monoisotopic (exact) mass is 586 g/mol. The highest BCUT2D eigenvalue weighted by atomic mass is 32.2. The molecule has 1 atom stereocenters. The Kier molecular flexibility index (Phi) is 8.06. The van der Waals surface area contributed by atoms with Gasteiger partial charge in [0.2, 0.25) is 11.0 Å². The predicted octanol–water partition coefficient (Wildman–Crippen LogP) is 5.89. The molecule has 5 rings (SSSR count). The molecule has 11 heteroatoms. The normalized spacial score (nSPS) is 18.4. The first kappa shape index (κ1) is 28.3. The largest absolute Gasteiger partial charge is 0.384 e. The predicted molar refractivity (Wildman–Crippen MR) is 159 cm³/mol. The van der Waals surface area contributed by atoms with E-state index < -0.39 is 17.6 Å². The fraction of sp³-hybridized carbons (Fsp3) is 0.233. The third kappa shape index (κ3) is 6.09. The van der Waals surface area contributed by atoms with Gasteiger partial charge in [-0.25, -0.2) is 4.39 Å². The highest BCUT2D eigenvalue weighted by molar-refractivity contribution is 8.01. The van der Waals surface area contributed by atoms with Gasteiger partial charge in [-0.2, -0.15) is 5.26 Å². The number of amides is 1. The number of anilines is 2. The van der Waals surface area contributed by atoms with Crippen LogP contribution in [0.25, 0.3) is 6.08 Å². The zero-order chi connectivity index (χ0) is 29.1. The Morgan fingerprint density at radius 3 is 2.68 bits per heavy atom. The van der Waals surface area contributed by atoms with Gasteiger partial charge in [0.05, 0.1) is 23.1 Å². The van der Waals surface area contributed by atoms with Gasteiger partial charge in [-0.15, -0.1) is 10.2 Å². The van der Waals surface area contributed by atoms with Gasteiger partial charge in [-0.05, 0) is 29.5 Å². The molecule has 3 aromatic rings. The van der Waals surface area contributed by atoms with Crippen LogP contribution in [-0.4, -0.2) is 27.6 Å². The number of hydrogen-bond acceptors (Lipinski definition) is 9. The fourth-order valence-corrected chi connectivity index (χ4v) is 6.64. The summed E-state index contributed by atoms with van der Waals surface area (Å²) in [5.74, 6) is -1.34. The van der Waals surface area contributed by atoms with Crippen LogP contribution in [0.2, 0.25) is 0 Å². The second kappa shape index (κ2) is 11.7. The molecule has 0 saturated carbocycles. The molecule has 0 radical (unpaired) electrons. The molecule has 1 aromatic heterocycles. The van der Waals surface area contributed by atoms with E-state index in [1.54, 1.807) is 17.0 Å². The van der Waals surface area contributed by atoms with Gasteiger partial charge in [0.15, 0.2) is 10.1 Å². The third-order valence-corrected chi connectivity index (χ3v) is 8.81. The number of para-hydroxylation sites is 1. The molecule has 41 heavy (non-hydrogen) atoms. The molecule has 1 unspecified atom stereocenters. The number of halogens is 1. The number of rotatable bonds is 7. The van der Waals surface area contributed by atoms with Gasteiger partial charge >= 0.3 is 0 Å². The molecule has 208 valence electrons. The molecule has 3 N–H and O–H groups in total. The lowest BCUT2D eigenvalue weighted by Gasteiger charge is -2.41. The van der Waals surface area contributed by atoms with Crippen molar-refractivity contribution in [3.8, 4) is 6.07 Å². The Hall–Kier alpha value is -4.27. The Morgan fingerprint density at radius 2 is 1.95 bits per heavy atom. The van der Waals surface area contributed by atoms with Crippen molar-refractivity contribution in [1.82, 2.24) is 10.2 Å². The molecular formula is C30H27FN6O2S2. The lowest BCUT2D eigenvalue weighted by Crippen LogP contribution is -2.42. The van der Waals surface area contributed by atoms with Crippen molar-refractivity contribution in [1.29, 1.82) is 5.26 Å². The SMILES string of the molecule is CC1(C)CC(=O)C2=C(C1)N(c1nnc(SCC(=O)Nc3ccccc3F)s1)C(N)=C(C#N)C2/C=C/c1ccccc1. The Bertz CT molecular complexity index is 1640. The summed E-state index contributed by atoms with van der Waals surface area (Å²) in [4.78, 5) is 27.6. The third-order valence-electron chi connectivity index (χ3n) is 6.77. The zero-order valence-corrected chi connectivity index (χ0v) is 24.1. The van der Waals surface area contributed by atoms with E-state index in [1.165, 1.54) is 23.5 Å². The average Bonchev–Trinajstić information content (AvgIpc) is 3.40. The van der Waals surface area contributed by atoms with Gasteiger partial charge < -0.3 is 11.1 Å². The lowest BCUT2D eigenvalue weighted by molar-refractivity contribution is -0.118. The van der Waals surface area contributed by atoms with Crippen molar-refractivity contribution in [3.63, 3.8) is 0 Å². The van der Waals surface area contributed by atoms with E-state index in [0.29, 0.717) is 33.6 Å². The number of allylic oxidation sites excluding steroid dienone is 4. The smallest absolute Gasteiger partial charge is 0.234 e. The maximum Gasteiger partial charge on any atom is 0.234 e. The van der Waals surface area contributed by atoms with Crippen LogP contribution >= 0.6 is 23.1 Å². The second-order valence-corrected chi connectivity index (χ2v) is 12.6. The molecule has 2 aromatic carbocycles. The number of nitrogens with zero attached hydrogens (tertiary/aromatic N) is 4. The molecule has 1 aliphatic heterocycles. The molecule has 1 amide bonds. The number of Topliss-reactive ketones (excluding diaryl/α,β-unsaturated/α-hetero) is 1. The minimum atomic E-state index is -0.584. The van der Waals surface area contributed by atoms with E-state index in [1.807, 2.05) is 56.3 Å². The molecule has 0 bridgehead atoms. The molecule has 8 nitrogen and oxygen atoms in total. The van der Waals surface area contributed by atoms with E-state index in [2.05, 4.69) is 21.6 Å². The zero-order valence-electron chi connectivity index (χ0n) is 22.4. The number of nitrogens with one attached hydrogen (secondary N) is 1. The van der Waals surface area contributed by atoms with Crippen molar-refractivity contribution in [2.75, 3.05) is 16.0 Å². The van der Waals surface area contributed by atoms with Crippen molar-refractivity contribution in [2.24, 2.45) is 17.1 Å². The highest BCUT2D eigenvalue weighted by Gasteiger charge is 2.44. The Morgan fingerprint density at radius 1 is 1.22 bits per heavy atom. The highest BCUT2D eigenvalue weighted by Crippen LogP contribution is 2.48. The summed E-state index contributed by atoms with van der Waals surface area (Å²) in [5, 5.41) is 21.6. The Balaban J connectivity index is 1.44. The summed E-state index contributed by atoms with van der Waals surface area (Å²) in [7, 11) is 0. The minimum Gasteiger partial charge on any atom is -0.384 e. The van der Waals surface area contributed by atoms with Crippen LogP contribution in [0, 0.1) is 28.5 Å². The number of benzene rings is 2. The van der Waals surface area contributed by atoms with Crippen LogP contribution in [0.3, 0.4) is 0 Å². The number of aromatic nitrogens is 2. The summed E-state index contributed by atoms with van der Waals surface area (Å²) < 4.78 is 14.4. The minimum absolute atomic E-state index is 0.0104. The number of carbonyl (C=O) groups is 2. The standard InChI is InChI=1S/C30H27FN6O2S2/c1-30(2)14-23-26(24(38)15-30)19(13-12-18-8-4-3-5-9-18)20(16-32)27(33)37(23)28-35-36-29(41-28)40-17-25(39)34-22-11-7-6-10-21(22)31/h3-13,19H,14-15,17,33H2,1-2H3,(H,34,39)/b13-12+. The summed E-state index contributed by atoms with van der Waals surface area (Å²) in [5.41, 5.74) is 8.87. The summed E-state index contributed by atoms with van der Waals surface area (Å²) in [6.07, 6.45) is 4.66. The molecule has 0 fully saturated rings. The van der Waals surface area contributed by atoms with E-state index in [-0.39, 0.29) is 34.0 Å². The van der Waals surface area contributed by atoms with Gasteiger partial charge in [0.1, 0.15) is 11.6 Å². The van der Waals surface area contributed by atoms with Crippen molar-refractivity contribution >= 4 is 51.7 Å². The summed E-state index contributed by atoms with van der Waals surface area (Å²) in [6, 6.07) is 17.8. The van der Waals surface area contributed by atoms with Crippen LogP contribution in [-0.2, 0) is 9.59 Å². The first-order valence-electron chi connectivity index (χ1n) is 12.9. The van der Waals surface area contributed by atoms with Gasteiger partial charge in [-0.3, -0.25) is 14.5 Å². The van der Waals surface area contributed by atoms with Gasteiger partial charge in [-0.1, -0.05) is 91.6 Å². The van der Waals surface area contributed by atoms with Gasteiger partial charge in [0, 0.05) is 23.6 Å². The van der Waals surface area contributed by atoms with E-state index in [4.69, 9.17) is 5.73 Å². The number of carbonyl (C=O) groups excluding carboxylic acids is 2. The number of hydrogen-bond donors (Lipinski definition) is 2. The van der Waals surface area contributed by atoms with Crippen LogP contribution in [0.1, 0.15) is 32.3 Å². The number of nitriles is 1. The van der Waals surface area contributed by atoms with E-state index in [9.17, 15) is 19.2 Å². The Labute approximate surface area is 245 Å². The number of nitrogens with two attached hydrogens (primary N) is 1. The van der Waals surface area contributed by atoms with Crippen LogP contribution in [0.4, 0.5) is 15.2 Å². The molecule has 2 heterocycles. The molecule has 1 aliphatic carbocycles. The molecule has 0 saturated heterocycles. The van der Waals surface area contributed by atoms with E-state index in [0.717, 1.165) is 17.3 Å². The number of ketones is 1. The van der Waals surface area contributed by atoms with Gasteiger partial charge in [0.25, 0.3) is 0 Å². The van der Waals surface area contributed by atoms with Crippen LogP contribution in [0.15, 0.2) is 87.7 Å². The molecular weight excluding hydrogens is 560 g/mol. The average molecular weight is 587 g/mol. The lowest BCUT2D eigenvalue weighted by atomic mass is 9.70. The molecule has 0 spiro atoms. The summed E-state index contributed by atoms with van der Waals surface area (Å²) >= 11 is 2.35. The second-order valence-electron chi connectivity index (χ2n) is 10.5. The maximum atomic E-state index is 13.9. The van der Waals surface area contributed by atoms with Crippen LogP contribution < -0.4 is 16.0 Å². The quantitative estimate of drug-likeness (QED) is 0.328. The maximum absolute atomic E-state index is 13.9. The van der Waals surface area contributed by atoms with Crippen LogP contribution in [0.5, 0.6) is 0 Å². The number of thioether (sulfide) groups is 1. The first-order chi connectivity index (χ1) is 19.7. The first-order valence-corrected chi connectivity index (χ1v) is 14.7.